The molecule has 142 valence electrons. The third kappa shape index (κ3) is 3.80. The van der Waals surface area contributed by atoms with Crippen LogP contribution in [0, 0.1) is 0 Å². The standard InChI is InChI=1S/C20H18N4O4/c1-26-16-5-3-2-4-14(16)22-20(25)15-7-9-19(24-23-15)21-13-6-8-17-18(12-13)28-11-10-27-17/h2-9,12H,10-11H2,1H3,(H,21,24)(H,22,25). The molecule has 1 amide bonds. The van der Waals surface area contributed by atoms with Gasteiger partial charge in [-0.15, -0.1) is 10.2 Å². The van der Waals surface area contributed by atoms with Gasteiger partial charge in [-0.25, -0.2) is 0 Å². The zero-order valence-electron chi connectivity index (χ0n) is 15.1. The van der Waals surface area contributed by atoms with Crippen molar-refractivity contribution in [2.75, 3.05) is 31.0 Å². The van der Waals surface area contributed by atoms with Crippen LogP contribution < -0.4 is 24.8 Å². The van der Waals surface area contributed by atoms with Crippen LogP contribution >= 0.6 is 0 Å². The number of amides is 1. The number of nitrogens with one attached hydrogen (secondary N) is 2. The Bertz CT molecular complexity index is 992. The van der Waals surface area contributed by atoms with Crippen molar-refractivity contribution in [2.45, 2.75) is 0 Å². The first-order valence-electron chi connectivity index (χ1n) is 8.68. The summed E-state index contributed by atoms with van der Waals surface area (Å²) in [7, 11) is 1.54. The maximum Gasteiger partial charge on any atom is 0.276 e. The Balaban J connectivity index is 1.44. The van der Waals surface area contributed by atoms with Gasteiger partial charge in [0.25, 0.3) is 5.91 Å². The molecule has 8 heteroatoms. The number of carbonyl (C=O) groups excluding carboxylic acids is 1. The summed E-state index contributed by atoms with van der Waals surface area (Å²) in [4.78, 5) is 12.4. The summed E-state index contributed by atoms with van der Waals surface area (Å²) in [5, 5.41) is 13.9. The van der Waals surface area contributed by atoms with Gasteiger partial charge in [0.15, 0.2) is 23.0 Å². The molecule has 0 bridgehead atoms. The van der Waals surface area contributed by atoms with Crippen molar-refractivity contribution >= 4 is 23.1 Å². The van der Waals surface area contributed by atoms with Crippen LogP contribution in [0.1, 0.15) is 10.5 Å². The molecule has 0 spiro atoms. The molecule has 2 N–H and O–H groups in total. The third-order valence-corrected chi connectivity index (χ3v) is 4.07. The van der Waals surface area contributed by atoms with Gasteiger partial charge in [-0.2, -0.15) is 0 Å². The molecule has 1 aromatic heterocycles. The molecule has 0 fully saturated rings. The van der Waals surface area contributed by atoms with Crippen LogP contribution in [-0.4, -0.2) is 36.4 Å². The summed E-state index contributed by atoms with van der Waals surface area (Å²) in [5.41, 5.74) is 1.54. The molecule has 4 rings (SSSR count). The lowest BCUT2D eigenvalue weighted by Gasteiger charge is -2.19. The number of ether oxygens (including phenoxy) is 3. The summed E-state index contributed by atoms with van der Waals surface area (Å²) in [6.07, 6.45) is 0. The van der Waals surface area contributed by atoms with Crippen molar-refractivity contribution in [3.8, 4) is 17.2 Å². The SMILES string of the molecule is COc1ccccc1NC(=O)c1ccc(Nc2ccc3c(c2)OCCO3)nn1. The number of aromatic nitrogens is 2. The Morgan fingerprint density at radius 1 is 1.00 bits per heavy atom. The molecule has 2 heterocycles. The van der Waals surface area contributed by atoms with Crippen molar-refractivity contribution < 1.29 is 19.0 Å². The highest BCUT2D eigenvalue weighted by Gasteiger charge is 2.13. The molecule has 0 radical (unpaired) electrons. The van der Waals surface area contributed by atoms with Crippen LogP contribution in [0.5, 0.6) is 17.2 Å². The van der Waals surface area contributed by atoms with E-state index in [4.69, 9.17) is 14.2 Å². The van der Waals surface area contributed by atoms with Crippen molar-refractivity contribution in [1.29, 1.82) is 0 Å². The first-order valence-corrected chi connectivity index (χ1v) is 8.68. The van der Waals surface area contributed by atoms with Crippen LogP contribution in [-0.2, 0) is 0 Å². The number of hydrogen-bond donors (Lipinski definition) is 2. The van der Waals surface area contributed by atoms with E-state index in [1.165, 1.54) is 0 Å². The largest absolute Gasteiger partial charge is 0.495 e. The average Bonchev–Trinajstić information content (AvgIpc) is 2.74. The minimum atomic E-state index is -0.372. The highest BCUT2D eigenvalue weighted by Crippen LogP contribution is 2.33. The molecular formula is C20H18N4O4. The lowest BCUT2D eigenvalue weighted by molar-refractivity contribution is 0.102. The number of nitrogens with zero attached hydrogens (tertiary/aromatic N) is 2. The fourth-order valence-electron chi connectivity index (χ4n) is 2.72. The van der Waals surface area contributed by atoms with E-state index < -0.39 is 0 Å². The first-order chi connectivity index (χ1) is 13.7. The zero-order chi connectivity index (χ0) is 19.3. The van der Waals surface area contributed by atoms with Crippen LogP contribution in [0.2, 0.25) is 0 Å². The lowest BCUT2D eigenvalue weighted by Crippen LogP contribution is -2.15. The van der Waals surface area contributed by atoms with E-state index in [1.54, 1.807) is 31.4 Å². The maximum atomic E-state index is 12.4. The predicted molar refractivity (Wildman–Crippen MR) is 104 cm³/mol. The summed E-state index contributed by atoms with van der Waals surface area (Å²) in [6, 6.07) is 16.0. The van der Waals surface area contributed by atoms with Crippen LogP contribution in [0.25, 0.3) is 0 Å². The molecule has 1 aliphatic heterocycles. The lowest BCUT2D eigenvalue weighted by atomic mass is 10.2. The zero-order valence-corrected chi connectivity index (χ0v) is 15.1. The predicted octanol–water partition coefficient (Wildman–Crippen LogP) is 3.25. The van der Waals surface area contributed by atoms with Crippen molar-refractivity contribution in [1.82, 2.24) is 10.2 Å². The molecule has 3 aromatic rings. The van der Waals surface area contributed by atoms with E-state index >= 15 is 0 Å². The number of methoxy groups -OCH3 is 1. The van der Waals surface area contributed by atoms with E-state index in [0.717, 1.165) is 5.69 Å². The van der Waals surface area contributed by atoms with Crippen LogP contribution in [0.15, 0.2) is 54.6 Å². The highest BCUT2D eigenvalue weighted by atomic mass is 16.6. The summed E-state index contributed by atoms with van der Waals surface area (Å²) in [6.45, 7) is 1.07. The van der Waals surface area contributed by atoms with Gasteiger partial charge in [0.2, 0.25) is 0 Å². The number of rotatable bonds is 5. The monoisotopic (exact) mass is 378 g/mol. The summed E-state index contributed by atoms with van der Waals surface area (Å²) in [5.74, 6) is 2.09. The minimum absolute atomic E-state index is 0.193. The van der Waals surface area contributed by atoms with Crippen molar-refractivity contribution in [3.05, 3.63) is 60.3 Å². The third-order valence-electron chi connectivity index (χ3n) is 4.07. The Kier molecular flexibility index (Phi) is 4.92. The Hall–Kier alpha value is -3.81. The van der Waals surface area contributed by atoms with Gasteiger partial charge in [-0.05, 0) is 36.4 Å². The van der Waals surface area contributed by atoms with Gasteiger partial charge in [-0.1, -0.05) is 12.1 Å². The number of para-hydroxylation sites is 2. The fraction of sp³-hybridized carbons (Fsp3) is 0.150. The molecule has 0 atom stereocenters. The Morgan fingerprint density at radius 3 is 2.61 bits per heavy atom. The molecule has 0 saturated carbocycles. The molecule has 28 heavy (non-hydrogen) atoms. The van der Waals surface area contributed by atoms with Crippen molar-refractivity contribution in [3.63, 3.8) is 0 Å². The Morgan fingerprint density at radius 2 is 1.82 bits per heavy atom. The van der Waals surface area contributed by atoms with Crippen LogP contribution in [0.3, 0.4) is 0 Å². The molecule has 1 aliphatic rings. The molecular weight excluding hydrogens is 360 g/mol. The second-order valence-electron chi connectivity index (χ2n) is 5.94. The normalized spacial score (nSPS) is 12.2. The number of hydrogen-bond acceptors (Lipinski definition) is 7. The quantitative estimate of drug-likeness (QED) is 0.704. The van der Waals surface area contributed by atoms with Crippen LogP contribution in [0.4, 0.5) is 17.2 Å². The van der Waals surface area contributed by atoms with Gasteiger partial charge in [-0.3, -0.25) is 4.79 Å². The summed E-state index contributed by atoms with van der Waals surface area (Å²) >= 11 is 0. The first kappa shape index (κ1) is 17.6. The van der Waals surface area contributed by atoms with E-state index in [-0.39, 0.29) is 11.6 Å². The Labute approximate surface area is 161 Å². The van der Waals surface area contributed by atoms with Gasteiger partial charge in [0.1, 0.15) is 19.0 Å². The molecule has 0 aliphatic carbocycles. The van der Waals surface area contributed by atoms with Gasteiger partial charge < -0.3 is 24.8 Å². The summed E-state index contributed by atoms with van der Waals surface area (Å²) < 4.78 is 16.3. The number of anilines is 3. The topological polar surface area (TPSA) is 94.6 Å². The molecule has 0 saturated heterocycles. The van der Waals surface area contributed by atoms with E-state index in [9.17, 15) is 4.79 Å². The number of fused-ring (bicyclic) bond motifs is 1. The molecule has 2 aromatic carbocycles. The smallest absolute Gasteiger partial charge is 0.276 e. The van der Waals surface area contributed by atoms with E-state index in [0.29, 0.717) is 42.0 Å². The number of benzene rings is 2. The fourth-order valence-corrected chi connectivity index (χ4v) is 2.72. The maximum absolute atomic E-state index is 12.4. The second-order valence-corrected chi connectivity index (χ2v) is 5.94. The average molecular weight is 378 g/mol. The van der Waals surface area contributed by atoms with Gasteiger partial charge in [0.05, 0.1) is 12.8 Å². The number of carbonyl (C=O) groups is 1. The van der Waals surface area contributed by atoms with Gasteiger partial charge in [0, 0.05) is 11.8 Å². The molecule has 0 unspecified atom stereocenters. The minimum Gasteiger partial charge on any atom is -0.495 e. The van der Waals surface area contributed by atoms with Crippen molar-refractivity contribution in [2.24, 2.45) is 0 Å². The van der Waals surface area contributed by atoms with E-state index in [1.807, 2.05) is 30.3 Å². The highest BCUT2D eigenvalue weighted by molar-refractivity contribution is 6.03. The second kappa shape index (κ2) is 7.83. The van der Waals surface area contributed by atoms with E-state index in [2.05, 4.69) is 20.8 Å². The molecule has 8 nitrogen and oxygen atoms in total. The van der Waals surface area contributed by atoms with Gasteiger partial charge >= 0.3 is 0 Å².